The molecular formula is C33H72N4O20S4. The van der Waals surface area contributed by atoms with E-state index < -0.39 is 99.7 Å². The molecule has 0 aromatic carbocycles. The van der Waals surface area contributed by atoms with Crippen LogP contribution in [0.15, 0.2) is 0 Å². The van der Waals surface area contributed by atoms with E-state index in [2.05, 4.69) is 21.3 Å². The maximum absolute atomic E-state index is 13.0. The summed E-state index contributed by atoms with van der Waals surface area (Å²) in [6.07, 6.45) is -1.88. The molecule has 0 saturated carbocycles. The van der Waals surface area contributed by atoms with Crippen LogP contribution < -0.4 is 21.3 Å². The highest BCUT2D eigenvalue weighted by Gasteiger charge is 2.38. The lowest BCUT2D eigenvalue weighted by Crippen LogP contribution is -2.47. The Morgan fingerprint density at radius 3 is 0.639 bits per heavy atom. The van der Waals surface area contributed by atoms with E-state index in [-0.39, 0.29) is 26.2 Å². The zero-order valence-electron chi connectivity index (χ0n) is 37.6. The van der Waals surface area contributed by atoms with Crippen LogP contribution in [0.25, 0.3) is 0 Å². The van der Waals surface area contributed by atoms with Crippen molar-refractivity contribution in [3.63, 3.8) is 0 Å². The summed E-state index contributed by atoms with van der Waals surface area (Å²) in [7, 11) is 8.43. The van der Waals surface area contributed by atoms with E-state index in [0.717, 1.165) is 0 Å². The maximum atomic E-state index is 13.0. The van der Waals surface area contributed by atoms with E-state index >= 15 is 0 Å². The lowest BCUT2D eigenvalue weighted by Gasteiger charge is -2.33. The zero-order valence-corrected chi connectivity index (χ0v) is 40.9. The lowest BCUT2D eigenvalue weighted by atomic mass is 9.92. The van der Waals surface area contributed by atoms with Gasteiger partial charge in [0.05, 0.1) is 129 Å². The number of hydrogen-bond acceptors (Lipinski definition) is 20. The monoisotopic (exact) mass is 972 g/mol. The second-order valence-electron chi connectivity index (χ2n) is 12.0. The second-order valence-corrected chi connectivity index (χ2v) is 22.1. The Hall–Kier alpha value is -2.00. The molecule has 0 aromatic heterocycles. The number of amides is 4. The minimum Gasteiger partial charge on any atom is -0.449 e. The molecule has 0 aromatic rings. The Kier molecular flexibility index (Phi) is 31.6. The molecule has 0 aliphatic heterocycles. The number of ether oxygens (including phenoxy) is 4. The molecule has 0 aliphatic carbocycles. The minimum absolute atomic E-state index is 0.141. The van der Waals surface area contributed by atoms with Crippen molar-refractivity contribution in [2.45, 2.75) is 25.7 Å². The predicted molar refractivity (Wildman–Crippen MR) is 232 cm³/mol. The lowest BCUT2D eigenvalue weighted by molar-refractivity contribution is -0.0486. The summed E-state index contributed by atoms with van der Waals surface area (Å²) in [5.41, 5.74) is -1.62. The summed E-state index contributed by atoms with van der Waals surface area (Å²) in [4.78, 5) is 51.8. The Bertz CT molecular complexity index is 1000. The van der Waals surface area contributed by atoms with Gasteiger partial charge in [-0.05, 0) is 25.7 Å². The van der Waals surface area contributed by atoms with E-state index in [1.807, 2.05) is 0 Å². The summed E-state index contributed by atoms with van der Waals surface area (Å²) in [5, 5.41) is 10.5. The van der Waals surface area contributed by atoms with E-state index in [9.17, 15) is 19.2 Å². The van der Waals surface area contributed by atoms with Gasteiger partial charge in [-0.1, -0.05) is 0 Å². The molecule has 0 spiro atoms. The molecule has 0 rings (SSSR count). The highest BCUT2D eigenvalue weighted by atomic mass is 32.3. The Morgan fingerprint density at radius 2 is 0.492 bits per heavy atom. The number of nitrogens with one attached hydrogen (secondary N) is 4. The van der Waals surface area contributed by atoms with Crippen LogP contribution in [0.1, 0.15) is 25.7 Å². The fraction of sp³-hybridized carbons (Fsp3) is 0.879. The van der Waals surface area contributed by atoms with Gasteiger partial charge in [0.2, 0.25) is 0 Å². The van der Waals surface area contributed by atoms with E-state index in [1.165, 1.54) is 85.3 Å². The Balaban J connectivity index is 6.11. The third-order valence-electron chi connectivity index (χ3n) is 8.45. The van der Waals surface area contributed by atoms with Crippen LogP contribution in [-0.4, -0.2) is 185 Å². The molecule has 0 atom stereocenters. The van der Waals surface area contributed by atoms with Crippen LogP contribution in [0.4, 0.5) is 19.2 Å². The quantitative estimate of drug-likeness (QED) is 0.0501. The van der Waals surface area contributed by atoms with Crippen molar-refractivity contribution in [1.82, 2.24) is 21.3 Å². The molecule has 0 saturated heterocycles. The molecule has 0 radical (unpaired) electrons. The molecular weight excluding hydrogens is 901 g/mol. The number of carbonyl (C=O) groups is 4. The Labute approximate surface area is 368 Å². The third kappa shape index (κ3) is 22.5. The summed E-state index contributed by atoms with van der Waals surface area (Å²) < 4.78 is 86.6. The van der Waals surface area contributed by atoms with Gasteiger partial charge >= 0.3 is 24.4 Å². The van der Waals surface area contributed by atoms with Gasteiger partial charge in [0, 0.05) is 49.2 Å². The molecule has 368 valence electrons. The summed E-state index contributed by atoms with van der Waals surface area (Å²) in [5.74, 6) is 1.37. The van der Waals surface area contributed by atoms with Gasteiger partial charge in [0.25, 0.3) is 0 Å². The van der Waals surface area contributed by atoms with Gasteiger partial charge in [-0.15, -0.1) is 0 Å². The Morgan fingerprint density at radius 1 is 0.328 bits per heavy atom. The van der Waals surface area contributed by atoms with Crippen molar-refractivity contribution in [2.75, 3.05) is 161 Å². The fourth-order valence-electron chi connectivity index (χ4n) is 4.90. The molecule has 0 bridgehead atoms. The third-order valence-corrected chi connectivity index (χ3v) is 17.7. The second kappa shape index (κ2) is 32.6. The molecule has 28 heteroatoms. The smallest absolute Gasteiger partial charge is 0.407 e. The molecule has 4 amide bonds. The number of alkyl carbamates (subject to hydrolysis) is 4. The molecule has 0 aliphatic rings. The van der Waals surface area contributed by atoms with Gasteiger partial charge in [0.15, 0.2) is 0 Å². The average molecular weight is 973 g/mol. The molecule has 4 N–H and O–H groups in total. The van der Waals surface area contributed by atoms with E-state index in [1.54, 1.807) is 0 Å². The van der Waals surface area contributed by atoms with Crippen molar-refractivity contribution < 1.29 is 88.3 Å². The normalized spacial score (nSPS) is 13.4. The van der Waals surface area contributed by atoms with Crippen molar-refractivity contribution in [3.8, 4) is 0 Å². The maximum Gasteiger partial charge on any atom is 0.407 e. The van der Waals surface area contributed by atoms with Gasteiger partial charge < -0.3 is 40.2 Å². The largest absolute Gasteiger partial charge is 0.449 e. The van der Waals surface area contributed by atoms with E-state index in [0.29, 0.717) is 48.7 Å². The van der Waals surface area contributed by atoms with E-state index in [4.69, 9.17) is 69.1 Å². The standard InChI is InChI=1S/C33H72N4O20S4/c1-42-58(43-2,44-3)21-13-17-34-29(38)54-25-33(26-55-30(39)35-18-14-22-59(45-4,46-5)47-6,27-56-31(40)36-19-15-23-60(48-7,49-8)50-9)28-57-32(41)37-20-16-24-61(51-10,52-11)53-12/h13-28H2,1-12H3,(H,34,38)(H,35,39)(H,36,40)(H,37,41). The first-order valence-electron chi connectivity index (χ1n) is 18.7. The summed E-state index contributed by atoms with van der Waals surface area (Å²) >= 11 is 0. The fourth-order valence-corrected chi connectivity index (χ4v) is 10.5. The van der Waals surface area contributed by atoms with Gasteiger partial charge in [-0.3, -0.25) is 50.2 Å². The molecule has 0 heterocycles. The van der Waals surface area contributed by atoms with Crippen LogP contribution >= 0.6 is 43.5 Å². The highest BCUT2D eigenvalue weighted by Crippen LogP contribution is 2.51. The van der Waals surface area contributed by atoms with Crippen molar-refractivity contribution in [2.24, 2.45) is 5.41 Å². The average Bonchev–Trinajstić information content (AvgIpc) is 3.29. The van der Waals surface area contributed by atoms with Gasteiger partial charge in [-0.25, -0.2) is 19.2 Å². The number of carbonyl (C=O) groups excluding carboxylic acids is 4. The predicted octanol–water partition coefficient (Wildman–Crippen LogP) is 4.39. The zero-order chi connectivity index (χ0) is 46.3. The van der Waals surface area contributed by atoms with Crippen LogP contribution in [0.2, 0.25) is 0 Å². The first kappa shape index (κ1) is 59.0. The van der Waals surface area contributed by atoms with Crippen molar-refractivity contribution >= 4 is 67.9 Å². The summed E-state index contributed by atoms with van der Waals surface area (Å²) in [6.45, 7) is -1.60. The number of hydrogen-bond donors (Lipinski definition) is 4. The number of rotatable bonds is 36. The highest BCUT2D eigenvalue weighted by molar-refractivity contribution is 8.22. The minimum atomic E-state index is -2.26. The molecule has 0 unspecified atom stereocenters. The van der Waals surface area contributed by atoms with Gasteiger partial charge in [-0.2, -0.15) is 0 Å². The van der Waals surface area contributed by atoms with Crippen molar-refractivity contribution in [1.29, 1.82) is 0 Å². The summed E-state index contributed by atoms with van der Waals surface area (Å²) in [6, 6.07) is 0. The molecule has 24 nitrogen and oxygen atoms in total. The van der Waals surface area contributed by atoms with Crippen LogP contribution in [0, 0.1) is 5.41 Å². The van der Waals surface area contributed by atoms with Crippen LogP contribution in [-0.2, 0) is 69.1 Å². The van der Waals surface area contributed by atoms with Crippen LogP contribution in [0.5, 0.6) is 0 Å². The molecule has 0 fully saturated rings. The van der Waals surface area contributed by atoms with Crippen molar-refractivity contribution in [3.05, 3.63) is 0 Å². The van der Waals surface area contributed by atoms with Gasteiger partial charge in [0.1, 0.15) is 31.8 Å². The SMILES string of the molecule is COS(CCCNC(=O)OCC(COC(=O)NCCCS(OC)(OC)OC)(COC(=O)NCCCS(OC)(OC)OC)COC(=O)NCCCS(OC)(OC)OC)(OC)OC. The van der Waals surface area contributed by atoms with Crippen LogP contribution in [0.3, 0.4) is 0 Å². The first-order chi connectivity index (χ1) is 29.1. The first-order valence-corrected chi connectivity index (χ1v) is 25.0. The molecule has 61 heavy (non-hydrogen) atoms. The topological polar surface area (TPSA) is 264 Å².